The van der Waals surface area contributed by atoms with E-state index in [1.54, 1.807) is 18.2 Å². The molecule has 0 unspecified atom stereocenters. The van der Waals surface area contributed by atoms with Crippen LogP contribution in [0.25, 0.3) is 0 Å². The highest BCUT2D eigenvalue weighted by Gasteiger charge is 2.04. The smallest absolute Gasteiger partial charge is 0.174 e. The number of hydrogen-bond acceptors (Lipinski definition) is 2. The Morgan fingerprint density at radius 3 is 2.27 bits per heavy atom. The third kappa shape index (κ3) is 1.85. The fraction of sp³-hybridized carbons (Fsp3) is 0. The molecule has 4 heteroatoms. The Hall–Kier alpha value is -0.730. The van der Waals surface area contributed by atoms with Gasteiger partial charge in [0.1, 0.15) is 0 Å². The van der Waals surface area contributed by atoms with E-state index in [4.69, 9.17) is 33.3 Å². The van der Waals surface area contributed by atoms with E-state index < -0.39 is 0 Å². The molecule has 1 N–H and O–H groups in total. The molecule has 0 aliphatic heterocycles. The molecule has 11 heavy (non-hydrogen) atoms. The van der Waals surface area contributed by atoms with Crippen LogP contribution in [0.2, 0.25) is 10.0 Å². The summed E-state index contributed by atoms with van der Waals surface area (Å²) in [5.41, 5.74) is 0. The molecule has 0 fully saturated rings. The van der Waals surface area contributed by atoms with Gasteiger partial charge >= 0.3 is 0 Å². The number of ether oxygens (including phenoxy) is 1. The lowest BCUT2D eigenvalue weighted by atomic mass is 10.3. The summed E-state index contributed by atoms with van der Waals surface area (Å²) >= 11 is 11.4. The van der Waals surface area contributed by atoms with E-state index in [1.165, 1.54) is 0 Å². The van der Waals surface area contributed by atoms with Gasteiger partial charge in [0.2, 0.25) is 0 Å². The zero-order valence-electron chi connectivity index (χ0n) is 5.47. The summed E-state index contributed by atoms with van der Waals surface area (Å²) in [7, 11) is 0. The number of halogens is 2. The van der Waals surface area contributed by atoms with Gasteiger partial charge in [-0.15, -0.1) is 0 Å². The number of para-hydroxylation sites is 1. The minimum absolute atomic E-state index is 0.325. The highest BCUT2D eigenvalue weighted by Crippen LogP contribution is 2.31. The summed E-state index contributed by atoms with van der Waals surface area (Å²) in [5, 5.41) is 7.48. The summed E-state index contributed by atoms with van der Waals surface area (Å²) in [5.74, 6) is 0.325. The molecular weight excluding hydrogens is 185 g/mol. The Morgan fingerprint density at radius 1 is 1.27 bits per heavy atom. The van der Waals surface area contributed by atoms with Crippen LogP contribution in [0.15, 0.2) is 18.2 Å². The van der Waals surface area contributed by atoms with Gasteiger partial charge in [-0.1, -0.05) is 29.3 Å². The first-order chi connectivity index (χ1) is 5.25. The molecule has 0 aromatic heterocycles. The molecule has 58 valence electrons. The van der Waals surface area contributed by atoms with Gasteiger partial charge in [-0.25, -0.2) is 0 Å². The van der Waals surface area contributed by atoms with Crippen molar-refractivity contribution in [2.75, 3.05) is 0 Å². The van der Waals surface area contributed by atoms with Crippen LogP contribution in [0.4, 0.5) is 0 Å². The first-order valence-corrected chi connectivity index (χ1v) is 3.61. The number of nitrogens with one attached hydrogen (secondary N) is 1. The molecule has 0 bridgehead atoms. The highest BCUT2D eigenvalue weighted by molar-refractivity contribution is 6.37. The van der Waals surface area contributed by atoms with E-state index in [9.17, 15) is 0 Å². The lowest BCUT2D eigenvalue weighted by Gasteiger charge is -2.02. The van der Waals surface area contributed by atoms with Gasteiger partial charge in [0.15, 0.2) is 12.2 Å². The maximum absolute atomic E-state index is 6.67. The van der Waals surface area contributed by atoms with Crippen LogP contribution in [-0.4, -0.2) is 6.40 Å². The van der Waals surface area contributed by atoms with Crippen LogP contribution >= 0.6 is 23.2 Å². The summed E-state index contributed by atoms with van der Waals surface area (Å²) in [4.78, 5) is 0. The van der Waals surface area contributed by atoms with E-state index >= 15 is 0 Å². The van der Waals surface area contributed by atoms with Crippen molar-refractivity contribution in [3.05, 3.63) is 28.2 Å². The average Bonchev–Trinajstić information content (AvgIpc) is 1.97. The van der Waals surface area contributed by atoms with Gasteiger partial charge in [-0.2, -0.15) is 0 Å². The Morgan fingerprint density at radius 2 is 1.82 bits per heavy atom. The minimum Gasteiger partial charge on any atom is -0.443 e. The van der Waals surface area contributed by atoms with E-state index in [0.29, 0.717) is 15.8 Å². The second-order valence-electron chi connectivity index (χ2n) is 1.79. The highest BCUT2D eigenvalue weighted by atomic mass is 35.5. The van der Waals surface area contributed by atoms with Crippen LogP contribution in [0.5, 0.6) is 5.75 Å². The number of rotatable bonds is 2. The second-order valence-corrected chi connectivity index (χ2v) is 2.60. The first kappa shape index (κ1) is 8.37. The van der Waals surface area contributed by atoms with Crippen molar-refractivity contribution in [1.82, 2.24) is 0 Å². The molecule has 0 radical (unpaired) electrons. The summed E-state index contributed by atoms with van der Waals surface area (Å²) in [6.07, 6.45) is 0.785. The van der Waals surface area contributed by atoms with Gasteiger partial charge in [0.25, 0.3) is 0 Å². The standard InChI is InChI=1S/C7H5Cl2NO/c8-5-2-1-3-6(9)7(5)11-4-10/h1-4,10H. The quantitative estimate of drug-likeness (QED) is 0.564. The normalized spacial score (nSPS) is 9.27. The molecule has 0 spiro atoms. The maximum atomic E-state index is 6.67. The SMILES string of the molecule is N=COc1c(Cl)cccc1Cl. The van der Waals surface area contributed by atoms with Crippen molar-refractivity contribution >= 4 is 29.6 Å². The summed E-state index contributed by atoms with van der Waals surface area (Å²) in [6.45, 7) is 0. The van der Waals surface area contributed by atoms with Crippen LogP contribution < -0.4 is 4.74 Å². The van der Waals surface area contributed by atoms with Gasteiger partial charge in [0.05, 0.1) is 10.0 Å². The zero-order chi connectivity index (χ0) is 8.27. The molecule has 1 aromatic carbocycles. The van der Waals surface area contributed by atoms with Crippen molar-refractivity contribution in [1.29, 1.82) is 5.41 Å². The van der Waals surface area contributed by atoms with Gasteiger partial charge < -0.3 is 4.74 Å². The predicted molar refractivity (Wildman–Crippen MR) is 45.9 cm³/mol. The molecule has 0 heterocycles. The molecular formula is C7H5Cl2NO. The van der Waals surface area contributed by atoms with Crippen LogP contribution in [0, 0.1) is 5.41 Å². The Kier molecular flexibility index (Phi) is 2.74. The molecule has 0 aliphatic carbocycles. The Labute approximate surface area is 74.2 Å². The van der Waals surface area contributed by atoms with Gasteiger partial charge in [0, 0.05) is 0 Å². The fourth-order valence-electron chi connectivity index (χ4n) is 0.654. The zero-order valence-corrected chi connectivity index (χ0v) is 6.99. The number of benzene rings is 1. The fourth-order valence-corrected chi connectivity index (χ4v) is 1.14. The van der Waals surface area contributed by atoms with Crippen LogP contribution in [-0.2, 0) is 0 Å². The van der Waals surface area contributed by atoms with E-state index in [2.05, 4.69) is 0 Å². The van der Waals surface area contributed by atoms with Crippen molar-refractivity contribution < 1.29 is 4.74 Å². The summed E-state index contributed by atoms with van der Waals surface area (Å²) < 4.78 is 4.75. The molecule has 0 amide bonds. The lowest BCUT2D eigenvalue weighted by Crippen LogP contribution is -1.88. The topological polar surface area (TPSA) is 33.1 Å². The van der Waals surface area contributed by atoms with Crippen molar-refractivity contribution in [2.45, 2.75) is 0 Å². The average molecular weight is 190 g/mol. The van der Waals surface area contributed by atoms with Gasteiger partial charge in [-0.3, -0.25) is 5.41 Å². The molecule has 1 rings (SSSR count). The molecule has 2 nitrogen and oxygen atoms in total. The maximum Gasteiger partial charge on any atom is 0.174 e. The monoisotopic (exact) mass is 189 g/mol. The molecule has 0 saturated carbocycles. The van der Waals surface area contributed by atoms with Crippen molar-refractivity contribution in [3.63, 3.8) is 0 Å². The Bertz CT molecular complexity index is 255. The Balaban J connectivity index is 3.09. The van der Waals surface area contributed by atoms with E-state index in [-0.39, 0.29) is 0 Å². The number of hydrogen-bond donors (Lipinski definition) is 1. The lowest BCUT2D eigenvalue weighted by molar-refractivity contribution is 0.570. The largest absolute Gasteiger partial charge is 0.443 e. The van der Waals surface area contributed by atoms with Crippen molar-refractivity contribution in [2.24, 2.45) is 0 Å². The molecule has 0 saturated heterocycles. The molecule has 1 aromatic rings. The van der Waals surface area contributed by atoms with Crippen molar-refractivity contribution in [3.8, 4) is 5.75 Å². The van der Waals surface area contributed by atoms with E-state index in [0.717, 1.165) is 6.40 Å². The predicted octanol–water partition coefficient (Wildman–Crippen LogP) is 2.98. The minimum atomic E-state index is 0.325. The first-order valence-electron chi connectivity index (χ1n) is 2.85. The third-order valence-electron chi connectivity index (χ3n) is 1.10. The van der Waals surface area contributed by atoms with Crippen LogP contribution in [0.3, 0.4) is 0 Å². The molecule has 0 atom stereocenters. The second kappa shape index (κ2) is 3.60. The van der Waals surface area contributed by atoms with E-state index in [1.807, 2.05) is 0 Å². The van der Waals surface area contributed by atoms with Crippen LogP contribution in [0.1, 0.15) is 0 Å². The third-order valence-corrected chi connectivity index (χ3v) is 1.69. The van der Waals surface area contributed by atoms with Gasteiger partial charge in [-0.05, 0) is 12.1 Å². The molecule has 0 aliphatic rings. The summed E-state index contributed by atoms with van der Waals surface area (Å²) in [6, 6.07) is 5.00.